The Morgan fingerprint density at radius 2 is 1.83 bits per heavy atom. The molecular weight excluding hydrogens is 250 g/mol. The number of carbonyl (C=O) groups excluding carboxylic acids is 1. The monoisotopic (exact) mass is 279 g/mol. The van der Waals surface area contributed by atoms with E-state index in [4.69, 9.17) is 5.73 Å². The van der Waals surface area contributed by atoms with Gasteiger partial charge in [0.15, 0.2) is 0 Å². The first-order chi connectivity index (χ1) is 7.88. The fourth-order valence-corrected chi connectivity index (χ4v) is 2.05. The molecule has 0 heterocycles. The lowest BCUT2D eigenvalue weighted by atomic mass is 9.96. The van der Waals surface area contributed by atoms with Gasteiger partial charge in [0.05, 0.1) is 5.54 Å². The summed E-state index contributed by atoms with van der Waals surface area (Å²) >= 11 is 0. The molecule has 0 radical (unpaired) electrons. The van der Waals surface area contributed by atoms with Gasteiger partial charge in [-0.25, -0.2) is 0 Å². The SMILES string of the molecule is CCCC(C)(N)C(=O)NCC(C)N(CC)CC.Cl. The molecule has 2 unspecified atom stereocenters. The second kappa shape index (κ2) is 9.59. The van der Waals surface area contributed by atoms with Crippen molar-refractivity contribution >= 4 is 18.3 Å². The lowest BCUT2D eigenvalue weighted by Gasteiger charge is -2.29. The molecule has 0 aromatic heterocycles. The summed E-state index contributed by atoms with van der Waals surface area (Å²) in [5, 5.41) is 2.95. The fraction of sp³-hybridized carbons (Fsp3) is 0.923. The first-order valence-corrected chi connectivity index (χ1v) is 6.70. The van der Waals surface area contributed by atoms with Crippen molar-refractivity contribution in [3.05, 3.63) is 0 Å². The van der Waals surface area contributed by atoms with E-state index in [1.165, 1.54) is 0 Å². The molecule has 0 spiro atoms. The van der Waals surface area contributed by atoms with Crippen LogP contribution < -0.4 is 11.1 Å². The number of likely N-dealkylation sites (N-methyl/N-ethyl adjacent to an activating group) is 1. The maximum absolute atomic E-state index is 11.9. The van der Waals surface area contributed by atoms with Crippen LogP contribution in [0, 0.1) is 0 Å². The Balaban J connectivity index is 0. The third-order valence-corrected chi connectivity index (χ3v) is 3.28. The molecule has 1 amide bonds. The molecule has 0 saturated heterocycles. The van der Waals surface area contributed by atoms with Crippen molar-refractivity contribution in [2.45, 2.75) is 59.0 Å². The average molecular weight is 280 g/mol. The highest BCUT2D eigenvalue weighted by atomic mass is 35.5. The second-order valence-corrected chi connectivity index (χ2v) is 4.95. The largest absolute Gasteiger partial charge is 0.353 e. The van der Waals surface area contributed by atoms with E-state index in [0.29, 0.717) is 12.6 Å². The molecule has 0 saturated carbocycles. The zero-order chi connectivity index (χ0) is 13.5. The summed E-state index contributed by atoms with van der Waals surface area (Å²) < 4.78 is 0. The molecule has 110 valence electrons. The molecule has 0 aliphatic rings. The van der Waals surface area contributed by atoms with Gasteiger partial charge in [-0.15, -0.1) is 12.4 Å². The Labute approximate surface area is 118 Å². The number of nitrogens with one attached hydrogen (secondary N) is 1. The molecular formula is C13H30ClN3O. The van der Waals surface area contributed by atoms with Crippen LogP contribution in [0.4, 0.5) is 0 Å². The van der Waals surface area contributed by atoms with Gasteiger partial charge >= 0.3 is 0 Å². The molecule has 2 atom stereocenters. The molecule has 5 heteroatoms. The predicted molar refractivity (Wildman–Crippen MR) is 80.1 cm³/mol. The highest BCUT2D eigenvalue weighted by Crippen LogP contribution is 2.08. The highest BCUT2D eigenvalue weighted by molar-refractivity contribution is 5.85. The standard InChI is InChI=1S/C13H29N3O.ClH/c1-6-9-13(5,14)12(17)15-10-11(4)16(7-2)8-3;/h11H,6-10,14H2,1-5H3,(H,15,17);1H. The molecule has 4 nitrogen and oxygen atoms in total. The Morgan fingerprint density at radius 1 is 1.33 bits per heavy atom. The van der Waals surface area contributed by atoms with Gasteiger partial charge in [0, 0.05) is 12.6 Å². The zero-order valence-electron chi connectivity index (χ0n) is 12.5. The van der Waals surface area contributed by atoms with Gasteiger partial charge in [-0.2, -0.15) is 0 Å². The number of halogens is 1. The maximum atomic E-state index is 11.9. The van der Waals surface area contributed by atoms with Crippen molar-refractivity contribution in [2.75, 3.05) is 19.6 Å². The molecule has 3 N–H and O–H groups in total. The third-order valence-electron chi connectivity index (χ3n) is 3.28. The van der Waals surface area contributed by atoms with E-state index >= 15 is 0 Å². The topological polar surface area (TPSA) is 58.4 Å². The average Bonchev–Trinajstić information content (AvgIpc) is 2.27. The molecule has 0 bridgehead atoms. The number of hydrogen-bond donors (Lipinski definition) is 2. The first-order valence-electron chi connectivity index (χ1n) is 6.70. The first kappa shape index (κ1) is 20.0. The maximum Gasteiger partial charge on any atom is 0.239 e. The number of amides is 1. The minimum absolute atomic E-state index is 0. The fourth-order valence-electron chi connectivity index (χ4n) is 2.05. The molecule has 0 aliphatic heterocycles. The summed E-state index contributed by atoms with van der Waals surface area (Å²) in [7, 11) is 0. The van der Waals surface area contributed by atoms with Crippen molar-refractivity contribution in [3.63, 3.8) is 0 Å². The quantitative estimate of drug-likeness (QED) is 0.712. The number of nitrogens with two attached hydrogens (primary N) is 1. The summed E-state index contributed by atoms with van der Waals surface area (Å²) in [6.07, 6.45) is 1.64. The normalized spacial score (nSPS) is 15.7. The summed E-state index contributed by atoms with van der Waals surface area (Å²) in [4.78, 5) is 14.2. The summed E-state index contributed by atoms with van der Waals surface area (Å²) in [6.45, 7) is 12.9. The minimum Gasteiger partial charge on any atom is -0.353 e. The van der Waals surface area contributed by atoms with E-state index in [0.717, 1.165) is 25.9 Å². The van der Waals surface area contributed by atoms with E-state index in [1.807, 2.05) is 6.92 Å². The highest BCUT2D eigenvalue weighted by Gasteiger charge is 2.27. The molecule has 18 heavy (non-hydrogen) atoms. The van der Waals surface area contributed by atoms with Crippen molar-refractivity contribution in [1.29, 1.82) is 0 Å². The summed E-state index contributed by atoms with van der Waals surface area (Å²) in [5.74, 6) is -0.0432. The van der Waals surface area contributed by atoms with E-state index < -0.39 is 5.54 Å². The van der Waals surface area contributed by atoms with Crippen LogP contribution >= 0.6 is 12.4 Å². The summed E-state index contributed by atoms with van der Waals surface area (Å²) in [6, 6.07) is 0.353. The van der Waals surface area contributed by atoms with Crippen molar-refractivity contribution < 1.29 is 4.79 Å². The lowest BCUT2D eigenvalue weighted by Crippen LogP contribution is -2.54. The van der Waals surface area contributed by atoms with Gasteiger partial charge in [0.25, 0.3) is 0 Å². The second-order valence-electron chi connectivity index (χ2n) is 4.95. The van der Waals surface area contributed by atoms with Crippen LogP contribution in [-0.4, -0.2) is 42.0 Å². The van der Waals surface area contributed by atoms with Crippen LogP contribution in [-0.2, 0) is 4.79 Å². The Bertz CT molecular complexity index is 230. The third kappa shape index (κ3) is 6.57. The Kier molecular flexibility index (Phi) is 10.7. The Hall–Kier alpha value is -0.320. The number of carbonyl (C=O) groups is 1. The molecule has 0 fully saturated rings. The molecule has 0 aromatic carbocycles. The smallest absolute Gasteiger partial charge is 0.239 e. The van der Waals surface area contributed by atoms with E-state index in [-0.39, 0.29) is 18.3 Å². The molecule has 0 aromatic rings. The van der Waals surface area contributed by atoms with E-state index in [1.54, 1.807) is 6.92 Å². The van der Waals surface area contributed by atoms with Gasteiger partial charge in [-0.3, -0.25) is 9.69 Å². The van der Waals surface area contributed by atoms with E-state index in [9.17, 15) is 4.79 Å². The number of nitrogens with zero attached hydrogens (tertiary/aromatic N) is 1. The van der Waals surface area contributed by atoms with Crippen LogP contribution in [0.3, 0.4) is 0 Å². The van der Waals surface area contributed by atoms with Crippen molar-refractivity contribution in [2.24, 2.45) is 5.73 Å². The van der Waals surface area contributed by atoms with Gasteiger partial charge in [-0.1, -0.05) is 27.2 Å². The van der Waals surface area contributed by atoms with Gasteiger partial charge in [-0.05, 0) is 33.4 Å². The minimum atomic E-state index is -0.738. The zero-order valence-corrected chi connectivity index (χ0v) is 13.3. The molecule has 0 aliphatic carbocycles. The number of hydrogen-bond acceptors (Lipinski definition) is 3. The van der Waals surface area contributed by atoms with Crippen LogP contribution in [0.1, 0.15) is 47.5 Å². The van der Waals surface area contributed by atoms with Gasteiger partial charge in [0.2, 0.25) is 5.91 Å². The van der Waals surface area contributed by atoms with Gasteiger partial charge < -0.3 is 11.1 Å². The van der Waals surface area contributed by atoms with E-state index in [2.05, 4.69) is 31.0 Å². The number of rotatable bonds is 8. The van der Waals surface area contributed by atoms with Crippen LogP contribution in [0.25, 0.3) is 0 Å². The Morgan fingerprint density at radius 3 is 2.22 bits per heavy atom. The lowest BCUT2D eigenvalue weighted by molar-refractivity contribution is -0.126. The van der Waals surface area contributed by atoms with Crippen LogP contribution in [0.15, 0.2) is 0 Å². The van der Waals surface area contributed by atoms with Gasteiger partial charge in [0.1, 0.15) is 0 Å². The van der Waals surface area contributed by atoms with Crippen molar-refractivity contribution in [3.8, 4) is 0 Å². The summed E-state index contributed by atoms with van der Waals surface area (Å²) in [5.41, 5.74) is 5.23. The van der Waals surface area contributed by atoms with Crippen molar-refractivity contribution in [1.82, 2.24) is 10.2 Å². The van der Waals surface area contributed by atoms with Crippen LogP contribution in [0.5, 0.6) is 0 Å². The molecule has 0 rings (SSSR count). The van der Waals surface area contributed by atoms with Crippen LogP contribution in [0.2, 0.25) is 0 Å². The predicted octanol–water partition coefficient (Wildman–Crippen LogP) is 1.77.